The zero-order valence-corrected chi connectivity index (χ0v) is 17.1. The van der Waals surface area contributed by atoms with Crippen LogP contribution in [0.4, 0.5) is 0 Å². The highest BCUT2D eigenvalue weighted by atomic mass is 14.6. The highest BCUT2D eigenvalue weighted by Crippen LogP contribution is 2.63. The second kappa shape index (κ2) is 8.59. The van der Waals surface area contributed by atoms with E-state index < -0.39 is 0 Å². The van der Waals surface area contributed by atoms with Crippen molar-refractivity contribution >= 4 is 0 Å². The summed E-state index contributed by atoms with van der Waals surface area (Å²) >= 11 is 0. The van der Waals surface area contributed by atoms with Gasteiger partial charge >= 0.3 is 0 Å². The summed E-state index contributed by atoms with van der Waals surface area (Å²) in [5, 5.41) is 0. The lowest BCUT2D eigenvalue weighted by Gasteiger charge is -2.30. The molecule has 0 radical (unpaired) electrons. The Labute approximate surface area is 152 Å². The molecule has 0 nitrogen and oxygen atoms in total. The van der Waals surface area contributed by atoms with Crippen molar-refractivity contribution in [2.24, 2.45) is 47.3 Å². The number of hydrogen-bond donors (Lipinski definition) is 0. The topological polar surface area (TPSA) is 0 Å². The summed E-state index contributed by atoms with van der Waals surface area (Å²) in [6.07, 6.45) is 18.2. The van der Waals surface area contributed by atoms with Gasteiger partial charge < -0.3 is 0 Å². The maximum absolute atomic E-state index is 2.41. The Bertz CT molecular complexity index is 350. The summed E-state index contributed by atoms with van der Waals surface area (Å²) in [5.74, 6) is 9.03. The van der Waals surface area contributed by atoms with Crippen LogP contribution in [0.2, 0.25) is 0 Å². The Hall–Kier alpha value is 0. The third-order valence-corrected chi connectivity index (χ3v) is 8.93. The molecule has 0 amide bonds. The van der Waals surface area contributed by atoms with Crippen molar-refractivity contribution in [3.63, 3.8) is 0 Å². The molecule has 0 N–H and O–H groups in total. The minimum absolute atomic E-state index is 1.07. The second-order valence-corrected chi connectivity index (χ2v) is 9.84. The lowest BCUT2D eigenvalue weighted by Crippen LogP contribution is -2.23. The SMILES string of the molecule is CCC1CC2C3CC(CC)C(C3)C2C1.CCC1CCC(CC)CC1. The first-order chi connectivity index (χ1) is 11.7. The van der Waals surface area contributed by atoms with Gasteiger partial charge in [0.2, 0.25) is 0 Å². The Balaban J connectivity index is 0.000000150. The number of fused-ring (bicyclic) bond motifs is 5. The van der Waals surface area contributed by atoms with Crippen molar-refractivity contribution in [3.05, 3.63) is 0 Å². The van der Waals surface area contributed by atoms with Crippen LogP contribution in [0.25, 0.3) is 0 Å². The zero-order chi connectivity index (χ0) is 17.1. The van der Waals surface area contributed by atoms with Gasteiger partial charge in [-0.05, 0) is 73.0 Å². The standard InChI is InChI=1S/C14H24.C10H20/c1-3-9-5-12-11-7-10(4-2)13(8-11)14(12)6-9;1-3-9-5-7-10(4-2)8-6-9/h9-14H,3-8H2,1-2H3;9-10H,3-8H2,1-2H3. The third-order valence-electron chi connectivity index (χ3n) is 8.93. The van der Waals surface area contributed by atoms with Crippen LogP contribution >= 0.6 is 0 Å². The fraction of sp³-hybridized carbons (Fsp3) is 1.00. The van der Waals surface area contributed by atoms with Crippen molar-refractivity contribution in [1.29, 1.82) is 0 Å². The van der Waals surface area contributed by atoms with E-state index in [1.54, 1.807) is 25.7 Å². The summed E-state index contributed by atoms with van der Waals surface area (Å²) in [6.45, 7) is 9.46. The first-order valence-electron chi connectivity index (χ1n) is 11.7. The fourth-order valence-corrected chi connectivity index (χ4v) is 7.18. The summed E-state index contributed by atoms with van der Waals surface area (Å²) in [4.78, 5) is 0. The van der Waals surface area contributed by atoms with E-state index in [1.807, 2.05) is 0 Å². The maximum Gasteiger partial charge on any atom is -0.0349 e. The van der Waals surface area contributed by atoms with Crippen molar-refractivity contribution in [3.8, 4) is 0 Å². The van der Waals surface area contributed by atoms with Crippen LogP contribution < -0.4 is 0 Å². The molecule has 4 fully saturated rings. The van der Waals surface area contributed by atoms with Gasteiger partial charge in [0.15, 0.2) is 0 Å². The smallest absolute Gasteiger partial charge is 0.0349 e. The Morgan fingerprint density at radius 3 is 1.54 bits per heavy atom. The highest BCUT2D eigenvalue weighted by molar-refractivity contribution is 5.04. The molecule has 4 aliphatic rings. The second-order valence-electron chi connectivity index (χ2n) is 9.84. The third kappa shape index (κ3) is 3.88. The van der Waals surface area contributed by atoms with Crippen LogP contribution in [0.5, 0.6) is 0 Å². The Kier molecular flexibility index (Phi) is 6.72. The van der Waals surface area contributed by atoms with E-state index in [-0.39, 0.29) is 0 Å². The molecule has 0 spiro atoms. The molecule has 0 heterocycles. The van der Waals surface area contributed by atoms with E-state index in [2.05, 4.69) is 27.7 Å². The van der Waals surface area contributed by atoms with Gasteiger partial charge in [0, 0.05) is 0 Å². The molecule has 0 aromatic rings. The van der Waals surface area contributed by atoms with Gasteiger partial charge in [0.25, 0.3) is 0 Å². The molecule has 4 aliphatic carbocycles. The molecule has 24 heavy (non-hydrogen) atoms. The molecular weight excluding hydrogens is 288 g/mol. The molecule has 0 heteroatoms. The molecule has 0 aromatic heterocycles. The molecule has 0 aromatic carbocycles. The lowest BCUT2D eigenvalue weighted by atomic mass is 9.75. The van der Waals surface area contributed by atoms with Crippen LogP contribution in [0.1, 0.15) is 105 Å². The summed E-state index contributed by atoms with van der Waals surface area (Å²) in [5.41, 5.74) is 0. The highest BCUT2D eigenvalue weighted by Gasteiger charge is 2.54. The largest absolute Gasteiger partial charge is 0.0651 e. The average molecular weight is 333 g/mol. The van der Waals surface area contributed by atoms with E-state index in [0.29, 0.717) is 0 Å². The van der Waals surface area contributed by atoms with E-state index >= 15 is 0 Å². The molecule has 4 rings (SSSR count). The van der Waals surface area contributed by atoms with Gasteiger partial charge in [0.1, 0.15) is 0 Å². The van der Waals surface area contributed by atoms with Gasteiger partial charge in [-0.2, -0.15) is 0 Å². The van der Waals surface area contributed by atoms with Crippen LogP contribution in [0, 0.1) is 47.3 Å². The van der Waals surface area contributed by atoms with Crippen molar-refractivity contribution in [1.82, 2.24) is 0 Å². The maximum atomic E-state index is 2.41. The monoisotopic (exact) mass is 332 g/mol. The molecule has 0 saturated heterocycles. The van der Waals surface area contributed by atoms with Gasteiger partial charge in [-0.15, -0.1) is 0 Å². The van der Waals surface area contributed by atoms with Crippen molar-refractivity contribution < 1.29 is 0 Å². The Morgan fingerprint density at radius 2 is 1.04 bits per heavy atom. The molecule has 6 atom stereocenters. The van der Waals surface area contributed by atoms with E-state index in [9.17, 15) is 0 Å². The first kappa shape index (κ1) is 18.8. The molecule has 6 unspecified atom stereocenters. The van der Waals surface area contributed by atoms with Gasteiger partial charge in [-0.3, -0.25) is 0 Å². The van der Waals surface area contributed by atoms with Crippen LogP contribution in [-0.2, 0) is 0 Å². The molecule has 2 bridgehead atoms. The van der Waals surface area contributed by atoms with E-state index in [4.69, 9.17) is 0 Å². The minimum atomic E-state index is 1.07. The molecular formula is C24H44. The van der Waals surface area contributed by atoms with Crippen LogP contribution in [0.3, 0.4) is 0 Å². The van der Waals surface area contributed by atoms with Crippen LogP contribution in [0.15, 0.2) is 0 Å². The van der Waals surface area contributed by atoms with E-state index in [1.165, 1.54) is 63.2 Å². The predicted octanol–water partition coefficient (Wildman–Crippen LogP) is 7.72. The average Bonchev–Trinajstić information content (AvgIpc) is 3.33. The Morgan fingerprint density at radius 1 is 0.500 bits per heavy atom. The summed E-state index contributed by atoms with van der Waals surface area (Å²) < 4.78 is 0. The summed E-state index contributed by atoms with van der Waals surface area (Å²) in [7, 11) is 0. The van der Waals surface area contributed by atoms with Crippen LogP contribution in [-0.4, -0.2) is 0 Å². The molecule has 4 saturated carbocycles. The minimum Gasteiger partial charge on any atom is -0.0651 e. The predicted molar refractivity (Wildman–Crippen MR) is 106 cm³/mol. The fourth-order valence-electron chi connectivity index (χ4n) is 7.18. The number of rotatable bonds is 4. The van der Waals surface area contributed by atoms with Gasteiger partial charge in [0.05, 0.1) is 0 Å². The van der Waals surface area contributed by atoms with Crippen molar-refractivity contribution in [2.75, 3.05) is 0 Å². The zero-order valence-electron chi connectivity index (χ0n) is 17.1. The molecule has 0 aliphatic heterocycles. The van der Waals surface area contributed by atoms with E-state index in [0.717, 1.165) is 35.5 Å². The number of hydrogen-bond acceptors (Lipinski definition) is 0. The molecule has 140 valence electrons. The van der Waals surface area contributed by atoms with Gasteiger partial charge in [-0.1, -0.05) is 79.1 Å². The first-order valence-corrected chi connectivity index (χ1v) is 11.7. The van der Waals surface area contributed by atoms with Gasteiger partial charge in [-0.25, -0.2) is 0 Å². The summed E-state index contributed by atoms with van der Waals surface area (Å²) in [6, 6.07) is 0. The normalized spacial score (nSPS) is 46.5. The lowest BCUT2D eigenvalue weighted by molar-refractivity contribution is 0.185. The van der Waals surface area contributed by atoms with Crippen molar-refractivity contribution in [2.45, 2.75) is 105 Å². The quantitative estimate of drug-likeness (QED) is 0.494.